The van der Waals surface area contributed by atoms with Crippen LogP contribution in [-0.2, 0) is 16.0 Å². The number of carbonyl (C=O) groups excluding carboxylic acids is 3. The monoisotopic (exact) mass is 735 g/mol. The fourth-order valence-electron chi connectivity index (χ4n) is 6.95. The van der Waals surface area contributed by atoms with Crippen LogP contribution in [0.15, 0.2) is 36.4 Å². The largest absolute Gasteiger partial charge is 0.444 e. The number of benzene rings is 2. The molecule has 0 bridgehead atoms. The first kappa shape index (κ1) is 41.9. The molecule has 2 aromatic rings. The van der Waals surface area contributed by atoms with Crippen molar-refractivity contribution in [1.82, 2.24) is 20.0 Å². The number of carbonyl (C=O) groups is 3. The Morgan fingerprint density at radius 3 is 1.55 bits per heavy atom. The van der Waals surface area contributed by atoms with E-state index >= 15 is 0 Å². The maximum absolute atomic E-state index is 12.2. The van der Waals surface area contributed by atoms with Crippen molar-refractivity contribution < 1.29 is 23.9 Å². The number of nitrogens with zero attached hydrogens (tertiary/aromatic N) is 5. The SMILES string of the molecule is CC(C)(C)OC(=O)N1CCNCC1.Cc1cc(C=O)cc(N2CCCC2)c1.Cc1cc(CN2CCN(C(=O)OC(C)(C)C)CC2)cc(N2CCCC2)c1. The number of aldehydes is 1. The Bertz CT molecular complexity index is 1480. The first-order valence-corrected chi connectivity index (χ1v) is 19.6. The highest BCUT2D eigenvalue weighted by Crippen LogP contribution is 2.25. The van der Waals surface area contributed by atoms with Crippen molar-refractivity contribution in [3.63, 3.8) is 0 Å². The number of ether oxygens (including phenoxy) is 2. The second kappa shape index (κ2) is 19.5. The third kappa shape index (κ3) is 14.5. The molecule has 0 spiro atoms. The van der Waals surface area contributed by atoms with Gasteiger partial charge in [0.25, 0.3) is 0 Å². The van der Waals surface area contributed by atoms with Gasteiger partial charge in [-0.05, 0) is 128 Å². The number of amides is 2. The van der Waals surface area contributed by atoms with E-state index in [2.05, 4.69) is 51.2 Å². The van der Waals surface area contributed by atoms with E-state index in [0.29, 0.717) is 0 Å². The van der Waals surface area contributed by atoms with Crippen LogP contribution >= 0.6 is 0 Å². The van der Waals surface area contributed by atoms with Gasteiger partial charge in [0, 0.05) is 102 Å². The Morgan fingerprint density at radius 1 is 0.623 bits per heavy atom. The van der Waals surface area contributed by atoms with Gasteiger partial charge < -0.3 is 34.4 Å². The van der Waals surface area contributed by atoms with Crippen LogP contribution in [0.25, 0.3) is 0 Å². The smallest absolute Gasteiger partial charge is 0.410 e. The third-order valence-corrected chi connectivity index (χ3v) is 9.48. The minimum atomic E-state index is -0.429. The van der Waals surface area contributed by atoms with Gasteiger partial charge in [-0.3, -0.25) is 9.69 Å². The molecular weight excluding hydrogens is 668 g/mol. The zero-order valence-electron chi connectivity index (χ0n) is 33.8. The Labute approximate surface area is 318 Å². The fourth-order valence-corrected chi connectivity index (χ4v) is 6.95. The van der Waals surface area contributed by atoms with Gasteiger partial charge in [-0.25, -0.2) is 9.59 Å². The van der Waals surface area contributed by atoms with E-state index in [0.717, 1.165) is 89.4 Å². The van der Waals surface area contributed by atoms with Gasteiger partial charge in [-0.2, -0.15) is 0 Å². The van der Waals surface area contributed by atoms with Crippen molar-refractivity contribution in [3.8, 4) is 0 Å². The lowest BCUT2D eigenvalue weighted by Gasteiger charge is -2.35. The van der Waals surface area contributed by atoms with Crippen molar-refractivity contribution in [2.75, 3.05) is 88.3 Å². The molecule has 294 valence electrons. The summed E-state index contributed by atoms with van der Waals surface area (Å²) in [6, 6.07) is 13.0. The minimum absolute atomic E-state index is 0.191. The quantitative estimate of drug-likeness (QED) is 0.330. The van der Waals surface area contributed by atoms with Gasteiger partial charge in [-0.15, -0.1) is 0 Å². The van der Waals surface area contributed by atoms with Crippen LogP contribution in [0.5, 0.6) is 0 Å². The average molecular weight is 735 g/mol. The van der Waals surface area contributed by atoms with Crippen LogP contribution in [-0.4, -0.2) is 123 Å². The molecule has 6 rings (SSSR count). The van der Waals surface area contributed by atoms with E-state index in [1.165, 1.54) is 61.3 Å². The topological polar surface area (TPSA) is 97.9 Å². The van der Waals surface area contributed by atoms with Crippen molar-refractivity contribution >= 4 is 29.8 Å². The van der Waals surface area contributed by atoms with Crippen molar-refractivity contribution in [1.29, 1.82) is 0 Å². The number of hydrogen-bond donors (Lipinski definition) is 1. The zero-order valence-corrected chi connectivity index (χ0v) is 33.8. The van der Waals surface area contributed by atoms with E-state index in [4.69, 9.17) is 9.47 Å². The normalized spacial score (nSPS) is 18.1. The number of anilines is 2. The number of aryl methyl sites for hydroxylation is 2. The van der Waals surface area contributed by atoms with Gasteiger partial charge in [0.2, 0.25) is 0 Å². The Balaban J connectivity index is 0.000000196. The lowest BCUT2D eigenvalue weighted by molar-refractivity contribution is 0.0138. The van der Waals surface area contributed by atoms with Crippen LogP contribution in [0.1, 0.15) is 94.3 Å². The predicted molar refractivity (Wildman–Crippen MR) is 214 cm³/mol. The number of hydrogen-bond acceptors (Lipinski definition) is 9. The molecule has 4 aliphatic heterocycles. The standard InChI is InChI=1S/C21H33N3O2.C12H15NO.C9H18N2O2/c1-17-13-18(15-19(14-17)23-7-5-6-8-23)16-22-9-11-24(12-10-22)20(25)26-21(2,3)4;1-10-6-11(9-14)8-12(7-10)13-4-2-3-5-13;1-9(2,3)13-8(12)11-6-4-10-5-7-11/h13-15H,5-12,16H2,1-4H3;6-9H,2-5H2,1H3;10H,4-7H2,1-3H3. The lowest BCUT2D eigenvalue weighted by Crippen LogP contribution is -2.49. The highest BCUT2D eigenvalue weighted by Gasteiger charge is 2.26. The van der Waals surface area contributed by atoms with Gasteiger partial charge in [-0.1, -0.05) is 6.07 Å². The van der Waals surface area contributed by atoms with Gasteiger partial charge in [0.1, 0.15) is 17.5 Å². The number of rotatable bonds is 5. The fraction of sp³-hybridized carbons (Fsp3) is 0.643. The Kier molecular flexibility index (Phi) is 15.4. The van der Waals surface area contributed by atoms with E-state index in [9.17, 15) is 14.4 Å². The summed E-state index contributed by atoms with van der Waals surface area (Å²) < 4.78 is 10.7. The molecule has 4 saturated heterocycles. The number of piperazine rings is 2. The molecule has 11 heteroatoms. The second-order valence-electron chi connectivity index (χ2n) is 16.7. The summed E-state index contributed by atoms with van der Waals surface area (Å²) in [5.41, 5.74) is 6.40. The molecule has 11 nitrogen and oxygen atoms in total. The Morgan fingerprint density at radius 2 is 1.08 bits per heavy atom. The summed E-state index contributed by atoms with van der Waals surface area (Å²) in [5.74, 6) is 0. The molecule has 0 aromatic heterocycles. The highest BCUT2D eigenvalue weighted by molar-refractivity contribution is 5.78. The summed E-state index contributed by atoms with van der Waals surface area (Å²) in [7, 11) is 0. The minimum Gasteiger partial charge on any atom is -0.444 e. The molecule has 1 N–H and O–H groups in total. The molecule has 2 aromatic carbocycles. The van der Waals surface area contributed by atoms with Crippen LogP contribution in [0.2, 0.25) is 0 Å². The molecule has 0 unspecified atom stereocenters. The lowest BCUT2D eigenvalue weighted by atomic mass is 10.1. The van der Waals surface area contributed by atoms with Crippen molar-refractivity contribution in [2.45, 2.75) is 98.8 Å². The maximum Gasteiger partial charge on any atom is 0.410 e. The molecule has 0 radical (unpaired) electrons. The molecule has 2 amide bonds. The number of nitrogens with one attached hydrogen (secondary N) is 1. The van der Waals surface area contributed by atoms with E-state index < -0.39 is 5.60 Å². The van der Waals surface area contributed by atoms with E-state index in [-0.39, 0.29) is 17.8 Å². The summed E-state index contributed by atoms with van der Waals surface area (Å²) in [4.78, 5) is 45.2. The zero-order chi connectivity index (χ0) is 38.6. The summed E-state index contributed by atoms with van der Waals surface area (Å²) in [6.07, 6.45) is 5.67. The summed E-state index contributed by atoms with van der Waals surface area (Å²) in [5, 5.41) is 3.18. The summed E-state index contributed by atoms with van der Waals surface area (Å²) >= 11 is 0. The molecule has 0 atom stereocenters. The van der Waals surface area contributed by atoms with Crippen LogP contribution in [0.4, 0.5) is 21.0 Å². The molecule has 0 saturated carbocycles. The first-order chi connectivity index (χ1) is 25.1. The van der Waals surface area contributed by atoms with Crippen molar-refractivity contribution in [2.24, 2.45) is 0 Å². The second-order valence-corrected chi connectivity index (χ2v) is 16.7. The van der Waals surface area contributed by atoms with E-state index in [1.54, 1.807) is 4.90 Å². The molecule has 0 aliphatic carbocycles. The maximum atomic E-state index is 12.2. The van der Waals surface area contributed by atoms with Crippen LogP contribution < -0.4 is 15.1 Å². The van der Waals surface area contributed by atoms with Crippen LogP contribution in [0.3, 0.4) is 0 Å². The average Bonchev–Trinajstić information content (AvgIpc) is 3.84. The van der Waals surface area contributed by atoms with Gasteiger partial charge in [0.05, 0.1) is 0 Å². The third-order valence-electron chi connectivity index (χ3n) is 9.48. The molecule has 4 fully saturated rings. The van der Waals surface area contributed by atoms with Crippen molar-refractivity contribution in [3.05, 3.63) is 58.7 Å². The first-order valence-electron chi connectivity index (χ1n) is 19.6. The molecular formula is C42H66N6O5. The van der Waals surface area contributed by atoms with Gasteiger partial charge in [0.15, 0.2) is 0 Å². The Hall–Kier alpha value is -3.83. The molecule has 4 aliphatic rings. The predicted octanol–water partition coefficient (Wildman–Crippen LogP) is 6.88. The molecule has 4 heterocycles. The highest BCUT2D eigenvalue weighted by atomic mass is 16.6. The van der Waals surface area contributed by atoms with Crippen LogP contribution in [0, 0.1) is 13.8 Å². The van der Waals surface area contributed by atoms with E-state index in [1.807, 2.05) is 65.5 Å². The molecule has 53 heavy (non-hydrogen) atoms. The summed E-state index contributed by atoms with van der Waals surface area (Å²) in [6.45, 7) is 27.6. The van der Waals surface area contributed by atoms with Gasteiger partial charge >= 0.3 is 12.2 Å².